The Balaban J connectivity index is 2.38. The maximum Gasteiger partial charge on any atom is 0.262 e. The van der Waals surface area contributed by atoms with Gasteiger partial charge in [-0.15, -0.1) is 0 Å². The lowest BCUT2D eigenvalue weighted by Gasteiger charge is -2.10. The number of nitrogen functional groups attached to an aromatic ring is 1. The Hall–Kier alpha value is -1.79. The molecule has 0 aliphatic heterocycles. The number of hydrogen-bond acceptors (Lipinski definition) is 3. The van der Waals surface area contributed by atoms with E-state index in [0.29, 0.717) is 5.56 Å². The summed E-state index contributed by atoms with van der Waals surface area (Å²) in [5, 5.41) is 0.255. The molecule has 0 aliphatic rings. The Morgan fingerprint density at radius 3 is 2.50 bits per heavy atom. The lowest BCUT2D eigenvalue weighted by atomic mass is 10.2. The Bertz CT molecular complexity index is 763. The predicted molar refractivity (Wildman–Crippen MR) is 77.8 cm³/mol. The fourth-order valence-corrected chi connectivity index (χ4v) is 2.82. The first-order chi connectivity index (χ1) is 9.29. The van der Waals surface area contributed by atoms with E-state index in [2.05, 4.69) is 4.72 Å². The van der Waals surface area contributed by atoms with E-state index in [9.17, 15) is 12.8 Å². The monoisotopic (exact) mass is 314 g/mol. The van der Waals surface area contributed by atoms with Crippen LogP contribution in [0, 0.1) is 12.7 Å². The van der Waals surface area contributed by atoms with Gasteiger partial charge in [-0.3, -0.25) is 4.72 Å². The molecular formula is C13H12ClFN2O2S. The topological polar surface area (TPSA) is 72.2 Å². The van der Waals surface area contributed by atoms with Crippen LogP contribution >= 0.6 is 11.6 Å². The molecule has 0 radical (unpaired) electrons. The van der Waals surface area contributed by atoms with E-state index in [1.54, 1.807) is 13.0 Å². The Kier molecular flexibility index (Phi) is 3.87. The van der Waals surface area contributed by atoms with Gasteiger partial charge in [0.15, 0.2) is 0 Å². The molecule has 2 aromatic rings. The van der Waals surface area contributed by atoms with Gasteiger partial charge in [0.05, 0.1) is 21.3 Å². The van der Waals surface area contributed by atoms with Crippen LogP contribution in [0.4, 0.5) is 15.8 Å². The van der Waals surface area contributed by atoms with Crippen LogP contribution in [0.3, 0.4) is 0 Å². The summed E-state index contributed by atoms with van der Waals surface area (Å²) in [7, 11) is -3.92. The average molecular weight is 315 g/mol. The summed E-state index contributed by atoms with van der Waals surface area (Å²) < 4.78 is 40.1. The summed E-state index contributed by atoms with van der Waals surface area (Å²) in [6.07, 6.45) is 0. The fraction of sp³-hybridized carbons (Fsp3) is 0.0769. The van der Waals surface area contributed by atoms with Crippen LogP contribution in [0.25, 0.3) is 0 Å². The highest BCUT2D eigenvalue weighted by atomic mass is 35.5. The number of aryl methyl sites for hydroxylation is 1. The molecule has 0 atom stereocenters. The van der Waals surface area contributed by atoms with E-state index < -0.39 is 15.8 Å². The minimum atomic E-state index is -3.92. The maximum absolute atomic E-state index is 13.7. The molecule has 0 aromatic heterocycles. The lowest BCUT2D eigenvalue weighted by Crippen LogP contribution is -2.14. The third-order valence-electron chi connectivity index (χ3n) is 2.65. The molecule has 106 valence electrons. The second kappa shape index (κ2) is 5.30. The molecule has 0 saturated heterocycles. The van der Waals surface area contributed by atoms with Gasteiger partial charge >= 0.3 is 0 Å². The van der Waals surface area contributed by atoms with E-state index in [4.69, 9.17) is 17.3 Å². The summed E-state index contributed by atoms with van der Waals surface area (Å²) in [6, 6.07) is 8.10. The summed E-state index contributed by atoms with van der Waals surface area (Å²) in [5.74, 6) is -0.643. The van der Waals surface area contributed by atoms with Crippen molar-refractivity contribution in [2.45, 2.75) is 11.8 Å². The molecule has 2 aromatic carbocycles. The molecule has 7 heteroatoms. The van der Waals surface area contributed by atoms with Crippen molar-refractivity contribution in [2.75, 3.05) is 10.5 Å². The minimum absolute atomic E-state index is 0.0839. The van der Waals surface area contributed by atoms with Crippen LogP contribution in [-0.2, 0) is 10.0 Å². The first-order valence-corrected chi connectivity index (χ1v) is 7.50. The van der Waals surface area contributed by atoms with Crippen molar-refractivity contribution in [3.8, 4) is 0 Å². The van der Waals surface area contributed by atoms with Gasteiger partial charge in [0.2, 0.25) is 0 Å². The second-order valence-electron chi connectivity index (χ2n) is 4.27. The number of halogens is 2. The Morgan fingerprint density at radius 2 is 1.90 bits per heavy atom. The zero-order valence-electron chi connectivity index (χ0n) is 10.5. The normalized spacial score (nSPS) is 11.3. The number of sulfonamides is 1. The van der Waals surface area contributed by atoms with Gasteiger partial charge in [-0.05, 0) is 42.8 Å². The van der Waals surface area contributed by atoms with Gasteiger partial charge in [-0.1, -0.05) is 17.7 Å². The zero-order valence-corrected chi connectivity index (χ0v) is 12.1. The summed E-state index contributed by atoms with van der Waals surface area (Å²) >= 11 is 5.73. The third kappa shape index (κ3) is 3.02. The first-order valence-electron chi connectivity index (χ1n) is 5.63. The van der Waals surface area contributed by atoms with Crippen molar-refractivity contribution >= 4 is 33.0 Å². The molecule has 4 nitrogen and oxygen atoms in total. The molecule has 0 bridgehead atoms. The van der Waals surface area contributed by atoms with Crippen LogP contribution in [-0.4, -0.2) is 8.42 Å². The average Bonchev–Trinajstić information content (AvgIpc) is 2.36. The van der Waals surface area contributed by atoms with Crippen LogP contribution in [0.5, 0.6) is 0 Å². The Labute approximate surface area is 121 Å². The first kappa shape index (κ1) is 14.6. The highest BCUT2D eigenvalue weighted by molar-refractivity contribution is 7.92. The van der Waals surface area contributed by atoms with Crippen molar-refractivity contribution < 1.29 is 12.8 Å². The van der Waals surface area contributed by atoms with Crippen molar-refractivity contribution in [1.29, 1.82) is 0 Å². The number of rotatable bonds is 3. The van der Waals surface area contributed by atoms with Crippen LogP contribution in [0.15, 0.2) is 41.3 Å². The predicted octanol–water partition coefficient (Wildman–Crippen LogP) is 3.17. The molecule has 3 N–H and O–H groups in total. The highest BCUT2D eigenvalue weighted by Crippen LogP contribution is 2.25. The van der Waals surface area contributed by atoms with Crippen LogP contribution in [0.1, 0.15) is 5.56 Å². The van der Waals surface area contributed by atoms with E-state index in [0.717, 1.165) is 0 Å². The van der Waals surface area contributed by atoms with Crippen LogP contribution in [0.2, 0.25) is 5.02 Å². The molecule has 0 spiro atoms. The summed E-state index contributed by atoms with van der Waals surface area (Å²) in [6.45, 7) is 1.71. The number of hydrogen-bond donors (Lipinski definition) is 2. The summed E-state index contributed by atoms with van der Waals surface area (Å²) in [5.41, 5.74) is 6.27. The van der Waals surface area contributed by atoms with Gasteiger partial charge in [0.1, 0.15) is 5.82 Å². The standard InChI is InChI=1S/C13H12ClFN2O2S/c1-8-2-5-13(11(15)6-8)17-20(18,19)9-3-4-10(14)12(16)7-9/h2-7,17H,16H2,1H3. The van der Waals surface area contributed by atoms with Crippen molar-refractivity contribution in [2.24, 2.45) is 0 Å². The second-order valence-corrected chi connectivity index (χ2v) is 6.36. The van der Waals surface area contributed by atoms with Crippen molar-refractivity contribution in [3.05, 3.63) is 52.8 Å². The van der Waals surface area contributed by atoms with Crippen molar-refractivity contribution in [1.82, 2.24) is 0 Å². The van der Waals surface area contributed by atoms with Gasteiger partial charge in [-0.2, -0.15) is 0 Å². The molecule has 20 heavy (non-hydrogen) atoms. The Morgan fingerprint density at radius 1 is 1.20 bits per heavy atom. The third-order valence-corrected chi connectivity index (χ3v) is 4.35. The SMILES string of the molecule is Cc1ccc(NS(=O)(=O)c2ccc(Cl)c(N)c2)c(F)c1. The van der Waals surface area contributed by atoms with Gasteiger partial charge < -0.3 is 5.73 Å². The van der Waals surface area contributed by atoms with Gasteiger partial charge in [0, 0.05) is 0 Å². The molecule has 0 heterocycles. The fourth-order valence-electron chi connectivity index (χ4n) is 1.60. The van der Waals surface area contributed by atoms with Crippen LogP contribution < -0.4 is 10.5 Å². The quantitative estimate of drug-likeness (QED) is 0.855. The molecule has 0 saturated carbocycles. The number of nitrogens with two attached hydrogens (primary N) is 1. The molecule has 0 amide bonds. The summed E-state index contributed by atoms with van der Waals surface area (Å²) in [4.78, 5) is -0.0839. The van der Waals surface area contributed by atoms with E-state index >= 15 is 0 Å². The van der Waals surface area contributed by atoms with Gasteiger partial charge in [0.25, 0.3) is 10.0 Å². The van der Waals surface area contributed by atoms with Crippen molar-refractivity contribution in [3.63, 3.8) is 0 Å². The highest BCUT2D eigenvalue weighted by Gasteiger charge is 2.17. The van der Waals surface area contributed by atoms with E-state index in [-0.39, 0.29) is 21.3 Å². The molecule has 0 fully saturated rings. The number of benzene rings is 2. The van der Waals surface area contributed by atoms with E-state index in [1.165, 1.54) is 30.3 Å². The lowest BCUT2D eigenvalue weighted by molar-refractivity contribution is 0.598. The molecular weight excluding hydrogens is 303 g/mol. The smallest absolute Gasteiger partial charge is 0.262 e. The van der Waals surface area contributed by atoms with Gasteiger partial charge in [-0.25, -0.2) is 12.8 Å². The molecule has 0 aliphatic carbocycles. The zero-order chi connectivity index (χ0) is 14.9. The molecule has 2 rings (SSSR count). The maximum atomic E-state index is 13.7. The largest absolute Gasteiger partial charge is 0.397 e. The minimum Gasteiger partial charge on any atom is -0.397 e. The molecule has 0 unspecified atom stereocenters. The number of nitrogens with one attached hydrogen (secondary N) is 1. The number of anilines is 2. The van der Waals surface area contributed by atoms with E-state index in [1.807, 2.05) is 0 Å².